The first-order valence-electron chi connectivity index (χ1n) is 5.16. The molecule has 2 aromatic heterocycles. The zero-order valence-corrected chi connectivity index (χ0v) is 9.24. The van der Waals surface area contributed by atoms with Crippen molar-refractivity contribution in [2.45, 2.75) is 0 Å². The average Bonchev–Trinajstić information content (AvgIpc) is 2.88. The summed E-state index contributed by atoms with van der Waals surface area (Å²) in [6.07, 6.45) is 2.07. The quantitative estimate of drug-likeness (QED) is 0.445. The second-order valence-corrected chi connectivity index (χ2v) is 4.69. The van der Waals surface area contributed by atoms with Gasteiger partial charge in [0.1, 0.15) is 0 Å². The molecule has 3 heteroatoms. The largest absolute Gasteiger partial charge is 0.290 e. The molecule has 76 valence electrons. The number of benzene rings is 2. The highest BCUT2D eigenvalue weighted by Gasteiger charge is 2.07. The molecule has 0 amide bonds. The van der Waals surface area contributed by atoms with Gasteiger partial charge in [0, 0.05) is 17.0 Å². The maximum atomic E-state index is 4.68. The minimum atomic E-state index is 1.06. The molecular weight excluding hydrogens is 216 g/mol. The van der Waals surface area contributed by atoms with Crippen molar-refractivity contribution < 1.29 is 0 Å². The summed E-state index contributed by atoms with van der Waals surface area (Å²) in [5.41, 5.74) is 2.29. The van der Waals surface area contributed by atoms with Gasteiger partial charge < -0.3 is 0 Å². The Morgan fingerprint density at radius 1 is 1.06 bits per heavy atom. The predicted molar refractivity (Wildman–Crippen MR) is 68.1 cm³/mol. The number of nitrogens with zero attached hydrogens (tertiary/aromatic N) is 2. The van der Waals surface area contributed by atoms with Gasteiger partial charge in [-0.1, -0.05) is 30.3 Å². The van der Waals surface area contributed by atoms with Crippen LogP contribution in [0.2, 0.25) is 0 Å². The van der Waals surface area contributed by atoms with Crippen LogP contribution in [0, 0.1) is 0 Å². The number of thiazole rings is 1. The molecule has 4 aromatic rings. The van der Waals surface area contributed by atoms with Crippen LogP contribution in [0.25, 0.3) is 26.8 Å². The van der Waals surface area contributed by atoms with E-state index in [9.17, 15) is 0 Å². The van der Waals surface area contributed by atoms with Crippen LogP contribution < -0.4 is 0 Å². The van der Waals surface area contributed by atoms with Gasteiger partial charge >= 0.3 is 0 Å². The summed E-state index contributed by atoms with van der Waals surface area (Å²) in [4.78, 5) is 5.75. The van der Waals surface area contributed by atoms with Gasteiger partial charge in [0.15, 0.2) is 4.96 Å². The molecule has 2 aromatic carbocycles. The van der Waals surface area contributed by atoms with Gasteiger partial charge in [-0.25, -0.2) is 4.98 Å². The Kier molecular flexibility index (Phi) is 1.47. The van der Waals surface area contributed by atoms with Crippen LogP contribution in [0.5, 0.6) is 0 Å². The summed E-state index contributed by atoms with van der Waals surface area (Å²) >= 11 is 1.67. The molecule has 0 fully saturated rings. The molecule has 0 aliphatic rings. The van der Waals surface area contributed by atoms with E-state index in [1.165, 1.54) is 16.3 Å². The van der Waals surface area contributed by atoms with E-state index in [1.807, 2.05) is 0 Å². The third-order valence-electron chi connectivity index (χ3n) is 2.94. The van der Waals surface area contributed by atoms with Gasteiger partial charge in [-0.2, -0.15) is 0 Å². The highest BCUT2D eigenvalue weighted by Crippen LogP contribution is 2.27. The van der Waals surface area contributed by atoms with Crippen molar-refractivity contribution in [1.82, 2.24) is 9.38 Å². The maximum Gasteiger partial charge on any atom is 0.194 e. The number of aromatic nitrogens is 2. The number of hydrogen-bond acceptors (Lipinski definition) is 2. The first-order valence-corrected chi connectivity index (χ1v) is 6.04. The van der Waals surface area contributed by atoms with Crippen molar-refractivity contribution in [3.63, 3.8) is 0 Å². The lowest BCUT2D eigenvalue weighted by Crippen LogP contribution is -1.77. The molecule has 16 heavy (non-hydrogen) atoms. The molecule has 0 bridgehead atoms. The Bertz CT molecular complexity index is 804. The second kappa shape index (κ2) is 2.83. The topological polar surface area (TPSA) is 17.3 Å². The van der Waals surface area contributed by atoms with Gasteiger partial charge in [0.2, 0.25) is 0 Å². The standard InChI is InChI=1S/C13H8N2S/c1-2-4-10-9(3-1)5-6-11-12(10)14-13-15(11)7-8-16-13/h1-8H. The van der Waals surface area contributed by atoms with Gasteiger partial charge in [0.05, 0.1) is 11.0 Å². The molecule has 0 aliphatic heterocycles. The van der Waals surface area contributed by atoms with E-state index < -0.39 is 0 Å². The molecule has 0 saturated carbocycles. The van der Waals surface area contributed by atoms with Crippen molar-refractivity contribution in [3.05, 3.63) is 48.0 Å². The zero-order chi connectivity index (χ0) is 10.5. The summed E-state index contributed by atoms with van der Waals surface area (Å²) in [6, 6.07) is 12.7. The average molecular weight is 224 g/mol. The Hall–Kier alpha value is -1.87. The van der Waals surface area contributed by atoms with Crippen LogP contribution in [0.15, 0.2) is 48.0 Å². The van der Waals surface area contributed by atoms with Crippen LogP contribution in [0.3, 0.4) is 0 Å². The van der Waals surface area contributed by atoms with E-state index >= 15 is 0 Å². The fourth-order valence-corrected chi connectivity index (χ4v) is 2.91. The van der Waals surface area contributed by atoms with Crippen LogP contribution in [-0.4, -0.2) is 9.38 Å². The molecule has 2 heterocycles. The Balaban J connectivity index is 2.36. The summed E-state index contributed by atoms with van der Waals surface area (Å²) in [7, 11) is 0. The lowest BCUT2D eigenvalue weighted by Gasteiger charge is -1.97. The Morgan fingerprint density at radius 3 is 3.00 bits per heavy atom. The maximum absolute atomic E-state index is 4.68. The van der Waals surface area contributed by atoms with E-state index in [0.29, 0.717) is 0 Å². The normalized spacial score (nSPS) is 11.8. The molecule has 2 nitrogen and oxygen atoms in total. The van der Waals surface area contributed by atoms with Crippen molar-refractivity contribution in [2.24, 2.45) is 0 Å². The highest BCUT2D eigenvalue weighted by molar-refractivity contribution is 7.15. The molecule has 0 unspecified atom stereocenters. The SMILES string of the molecule is c1ccc2c(c1)ccc1c2nc2sccn21. The smallest absolute Gasteiger partial charge is 0.194 e. The minimum absolute atomic E-state index is 1.06. The third-order valence-corrected chi connectivity index (χ3v) is 3.69. The van der Waals surface area contributed by atoms with Crippen LogP contribution in [0.1, 0.15) is 0 Å². The fourth-order valence-electron chi connectivity index (χ4n) is 2.19. The zero-order valence-electron chi connectivity index (χ0n) is 8.42. The number of hydrogen-bond donors (Lipinski definition) is 0. The van der Waals surface area contributed by atoms with E-state index in [4.69, 9.17) is 0 Å². The second-order valence-electron chi connectivity index (χ2n) is 3.82. The molecule has 0 spiro atoms. The van der Waals surface area contributed by atoms with Gasteiger partial charge in [-0.3, -0.25) is 4.40 Å². The van der Waals surface area contributed by atoms with Crippen LogP contribution >= 0.6 is 11.3 Å². The number of rotatable bonds is 0. The summed E-state index contributed by atoms with van der Waals surface area (Å²) in [5.74, 6) is 0. The van der Waals surface area contributed by atoms with E-state index in [0.717, 1.165) is 10.5 Å². The predicted octanol–water partition coefficient (Wildman–Crippen LogP) is 3.70. The minimum Gasteiger partial charge on any atom is -0.290 e. The summed E-state index contributed by atoms with van der Waals surface area (Å²) in [6.45, 7) is 0. The van der Waals surface area contributed by atoms with Crippen LogP contribution in [-0.2, 0) is 0 Å². The Labute approximate surface area is 95.8 Å². The number of imidazole rings is 1. The highest BCUT2D eigenvalue weighted by atomic mass is 32.1. The summed E-state index contributed by atoms with van der Waals surface area (Å²) < 4.78 is 2.15. The van der Waals surface area contributed by atoms with E-state index in [1.54, 1.807) is 11.3 Å². The summed E-state index contributed by atoms with van der Waals surface area (Å²) in [5, 5.41) is 4.55. The lowest BCUT2D eigenvalue weighted by atomic mass is 10.1. The molecular formula is C13H8N2S. The first kappa shape index (κ1) is 8.30. The van der Waals surface area contributed by atoms with Crippen molar-refractivity contribution >= 4 is 38.1 Å². The van der Waals surface area contributed by atoms with E-state index in [2.05, 4.69) is 57.4 Å². The van der Waals surface area contributed by atoms with Crippen LogP contribution in [0.4, 0.5) is 0 Å². The van der Waals surface area contributed by atoms with E-state index in [-0.39, 0.29) is 0 Å². The Morgan fingerprint density at radius 2 is 2.00 bits per heavy atom. The van der Waals surface area contributed by atoms with Gasteiger partial charge in [-0.15, -0.1) is 11.3 Å². The lowest BCUT2D eigenvalue weighted by molar-refractivity contribution is 1.28. The van der Waals surface area contributed by atoms with Gasteiger partial charge in [-0.05, 0) is 11.5 Å². The fraction of sp³-hybridized carbons (Fsp3) is 0. The molecule has 0 atom stereocenters. The number of fused-ring (bicyclic) bond motifs is 5. The van der Waals surface area contributed by atoms with Crippen molar-refractivity contribution in [3.8, 4) is 0 Å². The monoisotopic (exact) mass is 224 g/mol. The molecule has 0 saturated heterocycles. The molecule has 4 rings (SSSR count). The van der Waals surface area contributed by atoms with Crippen molar-refractivity contribution in [1.29, 1.82) is 0 Å². The van der Waals surface area contributed by atoms with Crippen molar-refractivity contribution in [2.75, 3.05) is 0 Å². The van der Waals surface area contributed by atoms with Gasteiger partial charge in [0.25, 0.3) is 0 Å². The molecule has 0 aliphatic carbocycles. The molecule has 0 N–H and O–H groups in total. The third kappa shape index (κ3) is 0.933. The molecule has 0 radical (unpaired) electrons. The first-order chi connectivity index (χ1) is 7.93.